The van der Waals surface area contributed by atoms with Crippen LogP contribution in [0.4, 0.5) is 0 Å². The van der Waals surface area contributed by atoms with Crippen molar-refractivity contribution in [2.75, 3.05) is 6.61 Å². The monoisotopic (exact) mass is 260 g/mol. The van der Waals surface area contributed by atoms with Crippen LogP contribution in [0.15, 0.2) is 17.5 Å². The molecule has 0 rings (SSSR count). The molecule has 0 spiro atoms. The second kappa shape index (κ2) is 10.2. The molecule has 0 aromatic rings. The fraction of sp³-hybridized carbons (Fsp3) is 0.700. The van der Waals surface area contributed by atoms with Gasteiger partial charge in [0.1, 0.15) is 0 Å². The molecule has 0 aromatic heterocycles. The van der Waals surface area contributed by atoms with E-state index in [-0.39, 0.29) is 25.9 Å². The van der Waals surface area contributed by atoms with Crippen molar-refractivity contribution in [3.63, 3.8) is 0 Å². The highest BCUT2D eigenvalue weighted by Gasteiger charge is 2.33. The predicted molar refractivity (Wildman–Crippen MR) is 62.1 cm³/mol. The Labute approximate surface area is 104 Å². The van der Waals surface area contributed by atoms with Crippen molar-refractivity contribution in [1.82, 2.24) is 0 Å². The third kappa shape index (κ3) is 6.56. The van der Waals surface area contributed by atoms with Gasteiger partial charge < -0.3 is 9.57 Å². The SMILES string of the molecule is CC/C=C\CC(ON=O)C(CCOC=O)[N+](=O)[O-]. The Morgan fingerprint density at radius 3 is 2.67 bits per heavy atom. The van der Waals surface area contributed by atoms with Crippen molar-refractivity contribution in [2.24, 2.45) is 5.34 Å². The minimum Gasteiger partial charge on any atom is -0.468 e. The van der Waals surface area contributed by atoms with Crippen LogP contribution < -0.4 is 0 Å². The number of hydrogen-bond donors (Lipinski definition) is 0. The van der Waals surface area contributed by atoms with Crippen LogP contribution in [-0.4, -0.2) is 30.1 Å². The number of allylic oxidation sites excluding steroid dienone is 1. The molecule has 2 atom stereocenters. The summed E-state index contributed by atoms with van der Waals surface area (Å²) in [5.74, 6) is 0. The maximum Gasteiger partial charge on any atom is 0.293 e. The van der Waals surface area contributed by atoms with Crippen LogP contribution in [0.1, 0.15) is 26.2 Å². The van der Waals surface area contributed by atoms with Gasteiger partial charge in [0.25, 0.3) is 12.5 Å². The van der Waals surface area contributed by atoms with Gasteiger partial charge in [-0.25, -0.2) is 0 Å². The quantitative estimate of drug-likeness (QED) is 0.139. The second-order valence-electron chi connectivity index (χ2n) is 3.44. The molecule has 0 saturated heterocycles. The third-order valence-electron chi connectivity index (χ3n) is 2.25. The Kier molecular flexibility index (Phi) is 9.06. The standard InChI is InChI=1S/C10H16N2O6/c1-2-3-4-5-10(18-11-14)9(12(15)16)6-7-17-8-13/h3-4,8-10H,2,5-7H2,1H3/b4-3-. The van der Waals surface area contributed by atoms with E-state index < -0.39 is 17.1 Å². The van der Waals surface area contributed by atoms with Crippen molar-refractivity contribution in [1.29, 1.82) is 0 Å². The molecule has 0 aliphatic heterocycles. The lowest BCUT2D eigenvalue weighted by Gasteiger charge is -2.15. The number of rotatable bonds is 11. The molecule has 0 aliphatic rings. The third-order valence-corrected chi connectivity index (χ3v) is 2.25. The van der Waals surface area contributed by atoms with Gasteiger partial charge in [0.05, 0.1) is 13.0 Å². The molecular weight excluding hydrogens is 244 g/mol. The summed E-state index contributed by atoms with van der Waals surface area (Å²) in [5.41, 5.74) is 0. The fourth-order valence-corrected chi connectivity index (χ4v) is 1.39. The summed E-state index contributed by atoms with van der Waals surface area (Å²) in [6, 6.07) is -1.15. The van der Waals surface area contributed by atoms with Crippen molar-refractivity contribution < 1.29 is 19.3 Å². The van der Waals surface area contributed by atoms with Crippen LogP contribution in [0.2, 0.25) is 0 Å². The fourth-order valence-electron chi connectivity index (χ4n) is 1.39. The first-order valence-electron chi connectivity index (χ1n) is 5.49. The molecule has 18 heavy (non-hydrogen) atoms. The van der Waals surface area contributed by atoms with Gasteiger partial charge in [-0.1, -0.05) is 19.1 Å². The normalized spacial score (nSPS) is 13.8. The Bertz CT molecular complexity index is 294. The zero-order chi connectivity index (χ0) is 13.8. The second-order valence-corrected chi connectivity index (χ2v) is 3.44. The minimum atomic E-state index is -1.15. The molecule has 0 aliphatic carbocycles. The van der Waals surface area contributed by atoms with Crippen LogP contribution in [-0.2, 0) is 14.4 Å². The highest BCUT2D eigenvalue weighted by Crippen LogP contribution is 2.13. The lowest BCUT2D eigenvalue weighted by molar-refractivity contribution is -0.536. The molecule has 0 fully saturated rings. The number of ether oxygens (including phenoxy) is 1. The van der Waals surface area contributed by atoms with E-state index in [9.17, 15) is 19.8 Å². The highest BCUT2D eigenvalue weighted by molar-refractivity contribution is 5.36. The predicted octanol–water partition coefficient (Wildman–Crippen LogP) is 1.62. The van der Waals surface area contributed by atoms with E-state index in [1.54, 1.807) is 12.2 Å². The molecule has 2 unspecified atom stereocenters. The summed E-state index contributed by atoms with van der Waals surface area (Å²) in [5, 5.41) is 13.1. The van der Waals surface area contributed by atoms with Crippen molar-refractivity contribution in [2.45, 2.75) is 38.3 Å². The van der Waals surface area contributed by atoms with E-state index in [0.29, 0.717) is 0 Å². The van der Waals surface area contributed by atoms with Gasteiger partial charge in [-0.2, -0.15) is 0 Å². The maximum absolute atomic E-state index is 10.9. The summed E-state index contributed by atoms with van der Waals surface area (Å²) in [7, 11) is 0. The Hall–Kier alpha value is -1.99. The molecule has 8 nitrogen and oxygen atoms in total. The van der Waals surface area contributed by atoms with E-state index >= 15 is 0 Å². The van der Waals surface area contributed by atoms with Gasteiger partial charge >= 0.3 is 0 Å². The van der Waals surface area contributed by atoms with Gasteiger partial charge in [-0.3, -0.25) is 14.9 Å². The molecule has 0 aromatic carbocycles. The number of nitro groups is 1. The van der Waals surface area contributed by atoms with Crippen LogP contribution in [0, 0.1) is 15.0 Å². The molecule has 0 bridgehead atoms. The first-order valence-corrected chi connectivity index (χ1v) is 5.49. The van der Waals surface area contributed by atoms with Crippen LogP contribution in [0.5, 0.6) is 0 Å². The lowest BCUT2D eigenvalue weighted by atomic mass is 10.1. The van der Waals surface area contributed by atoms with Crippen molar-refractivity contribution >= 4 is 6.47 Å². The number of carbonyl (C=O) groups is 1. The number of hydrogen-bond acceptors (Lipinski definition) is 7. The van der Waals surface area contributed by atoms with Gasteiger partial charge in [-0.15, -0.1) is 4.91 Å². The molecular formula is C10H16N2O6. The summed E-state index contributed by atoms with van der Waals surface area (Å²) >= 11 is 0. The Morgan fingerprint density at radius 1 is 1.44 bits per heavy atom. The molecule has 0 radical (unpaired) electrons. The van der Waals surface area contributed by atoms with E-state index in [0.717, 1.165) is 6.42 Å². The lowest BCUT2D eigenvalue weighted by Crippen LogP contribution is -2.35. The average Bonchev–Trinajstić information content (AvgIpc) is 2.34. The Morgan fingerprint density at radius 2 is 2.17 bits per heavy atom. The summed E-state index contributed by atoms with van der Waals surface area (Å²) in [4.78, 5) is 34.8. The number of carbonyl (C=O) groups excluding carboxylic acids is 1. The maximum atomic E-state index is 10.9. The van der Waals surface area contributed by atoms with Crippen molar-refractivity contribution in [3.8, 4) is 0 Å². The molecule has 0 amide bonds. The Balaban J connectivity index is 4.53. The minimum absolute atomic E-state index is 0.0358. The average molecular weight is 260 g/mol. The summed E-state index contributed by atoms with van der Waals surface area (Å²) < 4.78 is 4.40. The smallest absolute Gasteiger partial charge is 0.293 e. The van der Waals surface area contributed by atoms with Gasteiger partial charge in [0.15, 0.2) is 5.34 Å². The van der Waals surface area contributed by atoms with E-state index in [1.165, 1.54) is 0 Å². The van der Waals surface area contributed by atoms with Crippen molar-refractivity contribution in [3.05, 3.63) is 27.2 Å². The van der Waals surface area contributed by atoms with Gasteiger partial charge in [-0.05, 0) is 6.42 Å². The van der Waals surface area contributed by atoms with E-state index in [2.05, 4.69) is 14.9 Å². The molecule has 0 N–H and O–H groups in total. The molecule has 8 heteroatoms. The highest BCUT2D eigenvalue weighted by atomic mass is 16.7. The van der Waals surface area contributed by atoms with Crippen LogP contribution in [0.3, 0.4) is 0 Å². The van der Waals surface area contributed by atoms with Gasteiger partial charge in [0.2, 0.25) is 6.10 Å². The number of nitrogens with zero attached hydrogens (tertiary/aromatic N) is 2. The topological polar surface area (TPSA) is 108 Å². The summed E-state index contributed by atoms with van der Waals surface area (Å²) in [6.45, 7) is 2.01. The van der Waals surface area contributed by atoms with E-state index in [4.69, 9.17) is 0 Å². The zero-order valence-corrected chi connectivity index (χ0v) is 10.1. The first kappa shape index (κ1) is 16.0. The summed E-state index contributed by atoms with van der Waals surface area (Å²) in [6.07, 6.45) is 3.47. The first-order chi connectivity index (χ1) is 8.67. The van der Waals surface area contributed by atoms with Crippen LogP contribution in [0.25, 0.3) is 0 Å². The molecule has 0 heterocycles. The van der Waals surface area contributed by atoms with Crippen LogP contribution >= 0.6 is 0 Å². The zero-order valence-electron chi connectivity index (χ0n) is 10.1. The molecule has 0 saturated carbocycles. The van der Waals surface area contributed by atoms with Gasteiger partial charge in [0, 0.05) is 11.3 Å². The largest absolute Gasteiger partial charge is 0.468 e. The van der Waals surface area contributed by atoms with E-state index in [1.807, 2.05) is 6.92 Å². The molecule has 102 valence electrons.